The molecule has 1 spiro atoms. The summed E-state index contributed by atoms with van der Waals surface area (Å²) in [6, 6.07) is 0. The molecule has 74 valence electrons. The van der Waals surface area contributed by atoms with Gasteiger partial charge in [-0.1, -0.05) is 6.92 Å². The second-order valence-corrected chi connectivity index (χ2v) is 4.41. The monoisotopic (exact) mass is 184 g/mol. The van der Waals surface area contributed by atoms with Gasteiger partial charge in [0.05, 0.1) is 13.2 Å². The van der Waals surface area contributed by atoms with Gasteiger partial charge in [0, 0.05) is 18.3 Å². The lowest BCUT2D eigenvalue weighted by atomic mass is 9.74. The lowest BCUT2D eigenvalue weighted by Crippen LogP contribution is -2.41. The minimum absolute atomic E-state index is 0.234. The molecular formula is C10H16O3. The average Bonchev–Trinajstić information content (AvgIpc) is 2.53. The molecule has 13 heavy (non-hydrogen) atoms. The van der Waals surface area contributed by atoms with E-state index in [9.17, 15) is 4.79 Å². The molecule has 3 heteroatoms. The molecule has 0 aromatic rings. The van der Waals surface area contributed by atoms with Crippen molar-refractivity contribution in [1.82, 2.24) is 0 Å². The van der Waals surface area contributed by atoms with Crippen molar-refractivity contribution in [2.45, 2.75) is 38.4 Å². The second-order valence-electron chi connectivity index (χ2n) is 4.41. The van der Waals surface area contributed by atoms with Crippen molar-refractivity contribution in [3.05, 3.63) is 0 Å². The van der Waals surface area contributed by atoms with Gasteiger partial charge in [-0.15, -0.1) is 0 Å². The summed E-state index contributed by atoms with van der Waals surface area (Å²) < 4.78 is 11.2. The minimum Gasteiger partial charge on any atom is -0.348 e. The maximum Gasteiger partial charge on any atom is 0.169 e. The first-order chi connectivity index (χ1) is 6.18. The molecule has 1 unspecified atom stereocenters. The van der Waals surface area contributed by atoms with Crippen LogP contribution in [0.15, 0.2) is 0 Å². The summed E-state index contributed by atoms with van der Waals surface area (Å²) in [4.78, 5) is 10.9. The fourth-order valence-electron chi connectivity index (χ4n) is 2.40. The first-order valence-electron chi connectivity index (χ1n) is 4.92. The highest BCUT2D eigenvalue weighted by atomic mass is 16.7. The normalized spacial score (nSPS) is 37.9. The molecule has 1 saturated heterocycles. The quantitative estimate of drug-likeness (QED) is 0.579. The SMILES string of the molecule is CC1(C=O)CCCC2(C1)OCCO2. The van der Waals surface area contributed by atoms with Crippen LogP contribution in [-0.2, 0) is 14.3 Å². The first-order valence-corrected chi connectivity index (χ1v) is 4.92. The lowest BCUT2D eigenvalue weighted by Gasteiger charge is -2.39. The van der Waals surface area contributed by atoms with Crippen LogP contribution in [0.1, 0.15) is 32.6 Å². The molecule has 1 aliphatic carbocycles. The zero-order valence-electron chi connectivity index (χ0n) is 8.04. The minimum atomic E-state index is -0.423. The molecule has 2 rings (SSSR count). The molecule has 0 N–H and O–H groups in total. The number of ether oxygens (including phenoxy) is 2. The maximum atomic E-state index is 10.9. The van der Waals surface area contributed by atoms with Gasteiger partial charge in [-0.25, -0.2) is 0 Å². The highest BCUT2D eigenvalue weighted by molar-refractivity contribution is 5.59. The summed E-state index contributed by atoms with van der Waals surface area (Å²) in [5.74, 6) is -0.423. The van der Waals surface area contributed by atoms with E-state index in [2.05, 4.69) is 0 Å². The molecule has 1 saturated carbocycles. The molecule has 2 fully saturated rings. The van der Waals surface area contributed by atoms with Crippen molar-refractivity contribution in [3.8, 4) is 0 Å². The highest BCUT2D eigenvalue weighted by Crippen LogP contribution is 2.44. The van der Waals surface area contributed by atoms with Crippen LogP contribution in [0.2, 0.25) is 0 Å². The summed E-state index contributed by atoms with van der Waals surface area (Å²) in [5.41, 5.74) is -0.234. The van der Waals surface area contributed by atoms with Crippen LogP contribution in [0, 0.1) is 5.41 Å². The number of hydrogen-bond acceptors (Lipinski definition) is 3. The Morgan fingerprint density at radius 2 is 1.92 bits per heavy atom. The zero-order valence-corrected chi connectivity index (χ0v) is 8.04. The van der Waals surface area contributed by atoms with E-state index in [1.54, 1.807) is 0 Å². The Balaban J connectivity index is 2.10. The summed E-state index contributed by atoms with van der Waals surface area (Å²) in [6.45, 7) is 3.34. The Morgan fingerprint density at radius 3 is 2.54 bits per heavy atom. The van der Waals surface area contributed by atoms with Gasteiger partial charge in [-0.3, -0.25) is 0 Å². The molecule has 0 bridgehead atoms. The Hall–Kier alpha value is -0.410. The fraction of sp³-hybridized carbons (Fsp3) is 0.900. The second kappa shape index (κ2) is 3.07. The van der Waals surface area contributed by atoms with Gasteiger partial charge in [0.25, 0.3) is 0 Å². The van der Waals surface area contributed by atoms with E-state index in [4.69, 9.17) is 9.47 Å². The van der Waals surface area contributed by atoms with Crippen LogP contribution < -0.4 is 0 Å². The maximum absolute atomic E-state index is 10.9. The molecular weight excluding hydrogens is 168 g/mol. The summed E-state index contributed by atoms with van der Waals surface area (Å²) in [5, 5.41) is 0. The zero-order chi connectivity index (χ0) is 9.36. The molecule has 0 aromatic carbocycles. The van der Waals surface area contributed by atoms with Crippen LogP contribution in [0.5, 0.6) is 0 Å². The Morgan fingerprint density at radius 1 is 1.23 bits per heavy atom. The third kappa shape index (κ3) is 1.63. The van der Waals surface area contributed by atoms with Crippen molar-refractivity contribution in [3.63, 3.8) is 0 Å². The standard InChI is InChI=1S/C10H16O3/c1-9(8-11)3-2-4-10(7-9)12-5-6-13-10/h8H,2-7H2,1H3. The van der Waals surface area contributed by atoms with Crippen LogP contribution in [0.25, 0.3) is 0 Å². The van der Waals surface area contributed by atoms with Crippen LogP contribution in [0.3, 0.4) is 0 Å². The molecule has 2 aliphatic rings. The Labute approximate surface area is 78.4 Å². The third-order valence-corrected chi connectivity index (χ3v) is 3.08. The van der Waals surface area contributed by atoms with Crippen LogP contribution in [-0.4, -0.2) is 25.3 Å². The van der Waals surface area contributed by atoms with Gasteiger partial charge >= 0.3 is 0 Å². The van der Waals surface area contributed by atoms with E-state index < -0.39 is 5.79 Å². The van der Waals surface area contributed by atoms with E-state index in [1.165, 1.54) is 0 Å². The third-order valence-electron chi connectivity index (χ3n) is 3.08. The average molecular weight is 184 g/mol. The highest BCUT2D eigenvalue weighted by Gasteiger charge is 2.46. The molecule has 1 atom stereocenters. The van der Waals surface area contributed by atoms with Crippen molar-refractivity contribution < 1.29 is 14.3 Å². The number of hydrogen-bond donors (Lipinski definition) is 0. The molecule has 1 aliphatic heterocycles. The summed E-state index contributed by atoms with van der Waals surface area (Å²) >= 11 is 0. The van der Waals surface area contributed by atoms with Gasteiger partial charge in [0.2, 0.25) is 0 Å². The van der Waals surface area contributed by atoms with Gasteiger partial charge in [-0.05, 0) is 12.8 Å². The largest absolute Gasteiger partial charge is 0.348 e. The van der Waals surface area contributed by atoms with Crippen molar-refractivity contribution in [2.75, 3.05) is 13.2 Å². The van der Waals surface area contributed by atoms with Gasteiger partial charge < -0.3 is 14.3 Å². The van der Waals surface area contributed by atoms with Crippen molar-refractivity contribution in [2.24, 2.45) is 5.41 Å². The molecule has 0 aromatic heterocycles. The smallest absolute Gasteiger partial charge is 0.169 e. The van der Waals surface area contributed by atoms with E-state index >= 15 is 0 Å². The van der Waals surface area contributed by atoms with Crippen molar-refractivity contribution >= 4 is 6.29 Å². The summed E-state index contributed by atoms with van der Waals surface area (Å²) in [7, 11) is 0. The number of aldehydes is 1. The van der Waals surface area contributed by atoms with E-state index in [0.717, 1.165) is 32.0 Å². The van der Waals surface area contributed by atoms with Gasteiger partial charge in [-0.2, -0.15) is 0 Å². The summed E-state index contributed by atoms with van der Waals surface area (Å²) in [6.07, 6.45) is 4.71. The Bertz CT molecular complexity index is 208. The molecule has 3 nitrogen and oxygen atoms in total. The van der Waals surface area contributed by atoms with Crippen molar-refractivity contribution in [1.29, 1.82) is 0 Å². The van der Waals surface area contributed by atoms with Gasteiger partial charge in [0.1, 0.15) is 6.29 Å². The number of carbonyl (C=O) groups is 1. The van der Waals surface area contributed by atoms with E-state index in [1.807, 2.05) is 6.92 Å². The Kier molecular flexibility index (Phi) is 2.16. The number of rotatable bonds is 1. The topological polar surface area (TPSA) is 35.5 Å². The molecule has 0 radical (unpaired) electrons. The van der Waals surface area contributed by atoms with Crippen LogP contribution in [0.4, 0.5) is 0 Å². The number of carbonyl (C=O) groups excluding carboxylic acids is 1. The first kappa shape index (κ1) is 9.16. The fourth-order valence-corrected chi connectivity index (χ4v) is 2.40. The van der Waals surface area contributed by atoms with Gasteiger partial charge in [0.15, 0.2) is 5.79 Å². The molecule has 0 amide bonds. The van der Waals surface area contributed by atoms with E-state index in [0.29, 0.717) is 13.2 Å². The van der Waals surface area contributed by atoms with E-state index in [-0.39, 0.29) is 5.41 Å². The lowest BCUT2D eigenvalue weighted by molar-refractivity contribution is -0.198. The predicted molar refractivity (Wildman–Crippen MR) is 47.3 cm³/mol. The molecule has 1 heterocycles. The van der Waals surface area contributed by atoms with Crippen LogP contribution >= 0.6 is 0 Å². The predicted octanol–water partition coefficient (Wildman–Crippen LogP) is 1.51.